The lowest BCUT2D eigenvalue weighted by Crippen LogP contribution is -2.44. The largest absolute Gasteiger partial charge is 0.350 e. The number of rotatable bonds is 4. The van der Waals surface area contributed by atoms with Crippen LogP contribution in [0, 0.1) is 11.6 Å². The second-order valence-electron chi connectivity index (χ2n) is 4.79. The Balaban J connectivity index is 2.02. The minimum absolute atomic E-state index is 0.0168. The van der Waals surface area contributed by atoms with Gasteiger partial charge in [0, 0.05) is 19.5 Å². The predicted molar refractivity (Wildman–Crippen MR) is 73.6 cm³/mol. The van der Waals surface area contributed by atoms with Gasteiger partial charge in [0.1, 0.15) is 6.04 Å². The van der Waals surface area contributed by atoms with Crippen molar-refractivity contribution in [1.82, 2.24) is 10.2 Å². The van der Waals surface area contributed by atoms with Gasteiger partial charge in [-0.3, -0.25) is 9.59 Å². The van der Waals surface area contributed by atoms with Crippen molar-refractivity contribution in [2.75, 3.05) is 6.54 Å². The Morgan fingerprint density at radius 2 is 2.19 bits per heavy atom. The number of hydrogen-bond donors (Lipinski definition) is 1. The summed E-state index contributed by atoms with van der Waals surface area (Å²) < 4.78 is 26.3. The first kappa shape index (κ1) is 15.7. The average Bonchev–Trinajstić information content (AvgIpc) is 2.84. The van der Waals surface area contributed by atoms with Crippen molar-refractivity contribution in [1.29, 1.82) is 0 Å². The number of likely N-dealkylation sites (N-methyl/N-ethyl adjacent to an activating group) is 1. The minimum Gasteiger partial charge on any atom is -0.350 e. The van der Waals surface area contributed by atoms with Crippen LogP contribution in [-0.2, 0) is 16.1 Å². The summed E-state index contributed by atoms with van der Waals surface area (Å²) >= 11 is 5.69. The number of nitrogens with zero attached hydrogens (tertiary/aromatic N) is 1. The highest BCUT2D eigenvalue weighted by atomic mass is 35.5. The Bertz CT molecular complexity index is 580. The van der Waals surface area contributed by atoms with Gasteiger partial charge in [0.15, 0.2) is 11.6 Å². The molecule has 1 heterocycles. The van der Waals surface area contributed by atoms with E-state index in [1.165, 1.54) is 11.0 Å². The summed E-state index contributed by atoms with van der Waals surface area (Å²) in [4.78, 5) is 25.1. The zero-order valence-corrected chi connectivity index (χ0v) is 12.2. The summed E-state index contributed by atoms with van der Waals surface area (Å²) in [6.07, 6.45) is 0.807. The fourth-order valence-corrected chi connectivity index (χ4v) is 2.63. The van der Waals surface area contributed by atoms with E-state index < -0.39 is 17.7 Å². The number of carbonyl (C=O) groups is 2. The molecule has 2 amide bonds. The number of hydrogen-bond acceptors (Lipinski definition) is 2. The third-order valence-electron chi connectivity index (χ3n) is 3.54. The van der Waals surface area contributed by atoms with Gasteiger partial charge in [0.05, 0.1) is 5.02 Å². The Morgan fingerprint density at radius 1 is 1.48 bits per heavy atom. The fourth-order valence-electron chi connectivity index (χ4n) is 2.41. The molecule has 1 fully saturated rings. The predicted octanol–water partition coefficient (Wildman–Crippen LogP) is 2.25. The molecule has 0 spiro atoms. The molecule has 0 radical (unpaired) electrons. The Kier molecular flexibility index (Phi) is 4.77. The lowest BCUT2D eigenvalue weighted by molar-refractivity contribution is -0.135. The third kappa shape index (κ3) is 3.15. The van der Waals surface area contributed by atoms with Crippen LogP contribution in [0.15, 0.2) is 12.1 Å². The molecule has 1 aromatic carbocycles. The quantitative estimate of drug-likeness (QED) is 0.866. The number of benzene rings is 1. The van der Waals surface area contributed by atoms with Gasteiger partial charge in [-0.05, 0) is 25.0 Å². The van der Waals surface area contributed by atoms with Crippen LogP contribution in [-0.4, -0.2) is 29.3 Å². The molecule has 0 unspecified atom stereocenters. The highest BCUT2D eigenvalue weighted by Crippen LogP contribution is 2.23. The molecule has 1 atom stereocenters. The van der Waals surface area contributed by atoms with Crippen molar-refractivity contribution in [2.24, 2.45) is 0 Å². The van der Waals surface area contributed by atoms with Crippen LogP contribution in [0.4, 0.5) is 8.78 Å². The van der Waals surface area contributed by atoms with E-state index in [4.69, 9.17) is 11.6 Å². The van der Waals surface area contributed by atoms with E-state index in [-0.39, 0.29) is 28.9 Å². The molecular formula is C14H15ClF2N2O2. The van der Waals surface area contributed by atoms with E-state index in [2.05, 4.69) is 5.32 Å². The molecule has 1 N–H and O–H groups in total. The van der Waals surface area contributed by atoms with Crippen LogP contribution in [0.1, 0.15) is 25.3 Å². The van der Waals surface area contributed by atoms with Gasteiger partial charge < -0.3 is 10.2 Å². The van der Waals surface area contributed by atoms with E-state index in [1.807, 2.05) is 0 Å². The SMILES string of the molecule is CCN1C(=O)CC[C@H]1C(=O)NCc1ccc(F)c(F)c1Cl. The van der Waals surface area contributed by atoms with Gasteiger partial charge in [-0.25, -0.2) is 8.78 Å². The maximum atomic E-state index is 13.3. The van der Waals surface area contributed by atoms with Gasteiger partial charge in [-0.2, -0.15) is 0 Å². The third-order valence-corrected chi connectivity index (χ3v) is 3.95. The van der Waals surface area contributed by atoms with Gasteiger partial charge in [-0.15, -0.1) is 0 Å². The van der Waals surface area contributed by atoms with Crippen molar-refractivity contribution < 1.29 is 18.4 Å². The topological polar surface area (TPSA) is 49.4 Å². The zero-order chi connectivity index (χ0) is 15.6. The molecule has 1 saturated heterocycles. The maximum Gasteiger partial charge on any atom is 0.243 e. The average molecular weight is 317 g/mol. The van der Waals surface area contributed by atoms with E-state index >= 15 is 0 Å². The Hall–Kier alpha value is -1.69. The molecule has 4 nitrogen and oxygen atoms in total. The monoisotopic (exact) mass is 316 g/mol. The fraction of sp³-hybridized carbons (Fsp3) is 0.429. The molecule has 0 saturated carbocycles. The molecule has 0 bridgehead atoms. The molecule has 0 aromatic heterocycles. The maximum absolute atomic E-state index is 13.3. The van der Waals surface area contributed by atoms with Crippen LogP contribution in [0.25, 0.3) is 0 Å². The first-order valence-corrected chi connectivity index (χ1v) is 7.03. The van der Waals surface area contributed by atoms with Crippen molar-refractivity contribution in [3.8, 4) is 0 Å². The summed E-state index contributed by atoms with van der Waals surface area (Å²) in [5.41, 5.74) is 0.288. The van der Waals surface area contributed by atoms with Gasteiger partial charge in [-0.1, -0.05) is 17.7 Å². The summed E-state index contributed by atoms with van der Waals surface area (Å²) in [7, 11) is 0. The number of likely N-dealkylation sites (tertiary alicyclic amines) is 1. The van der Waals surface area contributed by atoms with Gasteiger partial charge in [0.2, 0.25) is 11.8 Å². The number of carbonyl (C=O) groups excluding carboxylic acids is 2. The molecular weight excluding hydrogens is 302 g/mol. The molecule has 21 heavy (non-hydrogen) atoms. The number of halogens is 3. The number of nitrogens with one attached hydrogen (secondary N) is 1. The molecule has 114 valence electrons. The van der Waals surface area contributed by atoms with Crippen LogP contribution >= 0.6 is 11.6 Å². The Morgan fingerprint density at radius 3 is 2.86 bits per heavy atom. The van der Waals surface area contributed by atoms with Crippen molar-refractivity contribution >= 4 is 23.4 Å². The standard InChI is InChI=1S/C14H15ClF2N2O2/c1-2-19-10(5-6-11(19)20)14(21)18-7-8-3-4-9(16)13(17)12(8)15/h3-4,10H,2,5-7H2,1H3,(H,18,21)/t10-/m0/s1. The molecule has 2 rings (SSSR count). The van der Waals surface area contributed by atoms with E-state index in [1.54, 1.807) is 6.92 Å². The van der Waals surface area contributed by atoms with Crippen molar-refractivity contribution in [3.05, 3.63) is 34.4 Å². The van der Waals surface area contributed by atoms with Crippen LogP contribution < -0.4 is 5.32 Å². The van der Waals surface area contributed by atoms with Crippen LogP contribution in [0.2, 0.25) is 5.02 Å². The summed E-state index contributed by atoms with van der Waals surface area (Å²) in [6.45, 7) is 2.25. The van der Waals surface area contributed by atoms with Crippen molar-refractivity contribution in [3.63, 3.8) is 0 Å². The Labute approximate surface area is 126 Å². The van der Waals surface area contributed by atoms with E-state index in [0.29, 0.717) is 19.4 Å². The van der Waals surface area contributed by atoms with Crippen LogP contribution in [0.3, 0.4) is 0 Å². The highest BCUT2D eigenvalue weighted by molar-refractivity contribution is 6.31. The lowest BCUT2D eigenvalue weighted by atomic mass is 10.1. The smallest absolute Gasteiger partial charge is 0.243 e. The van der Waals surface area contributed by atoms with Gasteiger partial charge >= 0.3 is 0 Å². The van der Waals surface area contributed by atoms with E-state index in [9.17, 15) is 18.4 Å². The first-order chi connectivity index (χ1) is 9.95. The first-order valence-electron chi connectivity index (χ1n) is 6.65. The highest BCUT2D eigenvalue weighted by Gasteiger charge is 2.34. The molecule has 7 heteroatoms. The molecule has 1 aliphatic rings. The van der Waals surface area contributed by atoms with Crippen molar-refractivity contribution in [2.45, 2.75) is 32.4 Å². The van der Waals surface area contributed by atoms with E-state index in [0.717, 1.165) is 6.07 Å². The lowest BCUT2D eigenvalue weighted by Gasteiger charge is -2.22. The normalized spacial score (nSPS) is 18.2. The molecule has 0 aliphatic carbocycles. The number of amides is 2. The zero-order valence-electron chi connectivity index (χ0n) is 11.5. The second-order valence-corrected chi connectivity index (χ2v) is 5.16. The second kappa shape index (κ2) is 6.39. The summed E-state index contributed by atoms with van der Waals surface area (Å²) in [5, 5.41) is 2.26. The molecule has 1 aliphatic heterocycles. The van der Waals surface area contributed by atoms with Crippen LogP contribution in [0.5, 0.6) is 0 Å². The van der Waals surface area contributed by atoms with Gasteiger partial charge in [0.25, 0.3) is 0 Å². The minimum atomic E-state index is -1.13. The summed E-state index contributed by atoms with van der Waals surface area (Å²) in [6, 6.07) is 1.77. The summed E-state index contributed by atoms with van der Waals surface area (Å²) in [5.74, 6) is -2.53. The molecule has 1 aromatic rings.